The van der Waals surface area contributed by atoms with E-state index in [1.54, 1.807) is 41.1 Å². The van der Waals surface area contributed by atoms with Gasteiger partial charge in [-0.05, 0) is 18.2 Å². The van der Waals surface area contributed by atoms with Crippen LogP contribution in [0.25, 0.3) is 0 Å². The number of halogens is 1. The third kappa shape index (κ3) is 2.54. The van der Waals surface area contributed by atoms with Crippen LogP contribution in [0, 0.1) is 0 Å². The fraction of sp³-hybridized carbons (Fsp3) is 0.400. The lowest BCUT2D eigenvalue weighted by Gasteiger charge is -2.45. The lowest BCUT2D eigenvalue weighted by atomic mass is 10.1. The molecule has 0 unspecified atom stereocenters. The van der Waals surface area contributed by atoms with Crippen LogP contribution < -0.4 is 0 Å². The standard InChI is InChI=1S/C15H16ClN3O3/c1-17-9-13(20)19-6-5-18(8-12(19)15(17)22)14(21)10-3-2-4-11(16)7-10/h2-4,7,12H,5-6,8-9H2,1H3/t12-/m1/s1. The van der Waals surface area contributed by atoms with Crippen molar-refractivity contribution in [2.45, 2.75) is 6.04 Å². The number of rotatable bonds is 1. The Balaban J connectivity index is 1.79. The molecule has 1 aromatic carbocycles. The monoisotopic (exact) mass is 321 g/mol. The van der Waals surface area contributed by atoms with Gasteiger partial charge in [0.2, 0.25) is 11.8 Å². The molecular weight excluding hydrogens is 306 g/mol. The van der Waals surface area contributed by atoms with Crippen LogP contribution in [0.4, 0.5) is 0 Å². The van der Waals surface area contributed by atoms with E-state index in [0.717, 1.165) is 0 Å². The van der Waals surface area contributed by atoms with Crippen molar-refractivity contribution in [2.75, 3.05) is 33.2 Å². The highest BCUT2D eigenvalue weighted by Crippen LogP contribution is 2.20. The van der Waals surface area contributed by atoms with E-state index in [0.29, 0.717) is 23.7 Å². The summed E-state index contributed by atoms with van der Waals surface area (Å²) in [4.78, 5) is 41.4. The van der Waals surface area contributed by atoms with Crippen LogP contribution in [0.2, 0.25) is 5.02 Å². The second-order valence-electron chi connectivity index (χ2n) is 5.56. The summed E-state index contributed by atoms with van der Waals surface area (Å²) in [6.07, 6.45) is 0. The van der Waals surface area contributed by atoms with E-state index in [-0.39, 0.29) is 30.8 Å². The Morgan fingerprint density at radius 3 is 2.77 bits per heavy atom. The molecule has 0 bridgehead atoms. The van der Waals surface area contributed by atoms with Crippen LogP contribution in [0.3, 0.4) is 0 Å². The van der Waals surface area contributed by atoms with Gasteiger partial charge in [-0.1, -0.05) is 17.7 Å². The molecule has 1 atom stereocenters. The fourth-order valence-corrected chi connectivity index (χ4v) is 3.10. The van der Waals surface area contributed by atoms with Crippen LogP contribution >= 0.6 is 11.6 Å². The normalized spacial score (nSPS) is 21.9. The van der Waals surface area contributed by atoms with E-state index in [4.69, 9.17) is 11.6 Å². The molecule has 6 nitrogen and oxygen atoms in total. The van der Waals surface area contributed by atoms with Gasteiger partial charge in [0.1, 0.15) is 6.04 Å². The molecule has 2 fully saturated rings. The topological polar surface area (TPSA) is 60.9 Å². The molecule has 0 N–H and O–H groups in total. The van der Waals surface area contributed by atoms with Gasteiger partial charge in [0, 0.05) is 30.7 Å². The van der Waals surface area contributed by atoms with Crippen LogP contribution in [-0.2, 0) is 9.59 Å². The van der Waals surface area contributed by atoms with E-state index in [1.807, 2.05) is 0 Å². The summed E-state index contributed by atoms with van der Waals surface area (Å²) in [5, 5.41) is 0.494. The summed E-state index contributed by atoms with van der Waals surface area (Å²) in [6, 6.07) is 6.14. The summed E-state index contributed by atoms with van der Waals surface area (Å²) in [5.74, 6) is -0.360. The zero-order valence-electron chi connectivity index (χ0n) is 12.2. The minimum atomic E-state index is -0.580. The largest absolute Gasteiger partial charge is 0.335 e. The highest BCUT2D eigenvalue weighted by atomic mass is 35.5. The molecule has 0 aromatic heterocycles. The maximum Gasteiger partial charge on any atom is 0.254 e. The van der Waals surface area contributed by atoms with Gasteiger partial charge in [-0.25, -0.2) is 0 Å². The predicted molar refractivity (Wildman–Crippen MR) is 80.5 cm³/mol. The van der Waals surface area contributed by atoms with Gasteiger partial charge in [-0.3, -0.25) is 14.4 Å². The van der Waals surface area contributed by atoms with Gasteiger partial charge in [0.15, 0.2) is 0 Å². The number of amides is 3. The second-order valence-corrected chi connectivity index (χ2v) is 6.00. The number of carbonyl (C=O) groups excluding carboxylic acids is 3. The van der Waals surface area contributed by atoms with Crippen molar-refractivity contribution >= 4 is 29.3 Å². The van der Waals surface area contributed by atoms with E-state index in [9.17, 15) is 14.4 Å². The Labute approximate surface area is 133 Å². The average Bonchev–Trinajstić information content (AvgIpc) is 2.51. The fourth-order valence-electron chi connectivity index (χ4n) is 2.91. The maximum absolute atomic E-state index is 12.5. The molecule has 3 rings (SSSR count). The third-order valence-electron chi connectivity index (χ3n) is 4.09. The van der Waals surface area contributed by atoms with Crippen LogP contribution in [-0.4, -0.2) is 71.7 Å². The number of benzene rings is 1. The zero-order valence-corrected chi connectivity index (χ0v) is 12.9. The van der Waals surface area contributed by atoms with Crippen molar-refractivity contribution in [3.05, 3.63) is 34.9 Å². The Kier molecular flexibility index (Phi) is 3.78. The first kappa shape index (κ1) is 14.8. The molecule has 0 radical (unpaired) electrons. The molecule has 116 valence electrons. The van der Waals surface area contributed by atoms with E-state index in [1.165, 1.54) is 4.90 Å². The van der Waals surface area contributed by atoms with Crippen LogP contribution in [0.5, 0.6) is 0 Å². The van der Waals surface area contributed by atoms with Gasteiger partial charge in [0.05, 0.1) is 13.1 Å². The van der Waals surface area contributed by atoms with Gasteiger partial charge in [0.25, 0.3) is 5.91 Å². The number of nitrogens with zero attached hydrogens (tertiary/aromatic N) is 3. The quantitative estimate of drug-likeness (QED) is 0.755. The summed E-state index contributed by atoms with van der Waals surface area (Å²) in [7, 11) is 1.61. The maximum atomic E-state index is 12.5. The number of likely N-dealkylation sites (N-methyl/N-ethyl adjacent to an activating group) is 1. The molecule has 22 heavy (non-hydrogen) atoms. The van der Waals surface area contributed by atoms with Crippen molar-refractivity contribution in [1.29, 1.82) is 0 Å². The number of hydrogen-bond acceptors (Lipinski definition) is 3. The SMILES string of the molecule is CN1CC(=O)N2CCN(C(=O)c3cccc(Cl)c3)C[C@@H]2C1=O. The van der Waals surface area contributed by atoms with E-state index < -0.39 is 6.04 Å². The molecule has 2 aliphatic rings. The summed E-state index contributed by atoms with van der Waals surface area (Å²) < 4.78 is 0. The smallest absolute Gasteiger partial charge is 0.254 e. The number of piperazine rings is 2. The van der Waals surface area contributed by atoms with Crippen molar-refractivity contribution < 1.29 is 14.4 Å². The molecule has 1 aromatic rings. The highest BCUT2D eigenvalue weighted by molar-refractivity contribution is 6.30. The molecule has 2 heterocycles. The van der Waals surface area contributed by atoms with E-state index in [2.05, 4.69) is 0 Å². The summed E-state index contributed by atoms with van der Waals surface area (Å²) in [5.41, 5.74) is 0.490. The lowest BCUT2D eigenvalue weighted by molar-refractivity contribution is -0.157. The van der Waals surface area contributed by atoms with Crippen molar-refractivity contribution in [1.82, 2.24) is 14.7 Å². The summed E-state index contributed by atoms with van der Waals surface area (Å²) in [6.45, 7) is 1.14. The number of carbonyl (C=O) groups is 3. The van der Waals surface area contributed by atoms with Gasteiger partial charge < -0.3 is 14.7 Å². The summed E-state index contributed by atoms with van der Waals surface area (Å²) >= 11 is 5.92. The number of fused-ring (bicyclic) bond motifs is 1. The van der Waals surface area contributed by atoms with Crippen LogP contribution in [0.1, 0.15) is 10.4 Å². The van der Waals surface area contributed by atoms with Gasteiger partial charge in [-0.2, -0.15) is 0 Å². The van der Waals surface area contributed by atoms with Crippen molar-refractivity contribution in [3.8, 4) is 0 Å². The first-order valence-corrected chi connectivity index (χ1v) is 7.44. The Morgan fingerprint density at radius 1 is 1.27 bits per heavy atom. The van der Waals surface area contributed by atoms with Gasteiger partial charge >= 0.3 is 0 Å². The zero-order chi connectivity index (χ0) is 15.9. The lowest BCUT2D eigenvalue weighted by Crippen LogP contribution is -2.66. The first-order valence-electron chi connectivity index (χ1n) is 7.06. The third-order valence-corrected chi connectivity index (χ3v) is 4.33. The molecule has 2 aliphatic heterocycles. The Bertz CT molecular complexity index is 649. The van der Waals surface area contributed by atoms with E-state index >= 15 is 0 Å². The molecule has 0 spiro atoms. The number of hydrogen-bond donors (Lipinski definition) is 0. The Hall–Kier alpha value is -2.08. The average molecular weight is 322 g/mol. The highest BCUT2D eigenvalue weighted by Gasteiger charge is 2.42. The molecule has 7 heteroatoms. The molecule has 0 aliphatic carbocycles. The van der Waals surface area contributed by atoms with Crippen LogP contribution in [0.15, 0.2) is 24.3 Å². The molecule has 2 saturated heterocycles. The second kappa shape index (κ2) is 5.61. The minimum absolute atomic E-state index is 0.0676. The Morgan fingerprint density at radius 2 is 2.05 bits per heavy atom. The van der Waals surface area contributed by atoms with Crippen molar-refractivity contribution in [3.63, 3.8) is 0 Å². The first-order chi connectivity index (χ1) is 10.5. The predicted octanol–water partition coefficient (Wildman–Crippen LogP) is 0.465. The molecule has 3 amide bonds. The molecular formula is C15H16ClN3O3. The van der Waals surface area contributed by atoms with Gasteiger partial charge in [-0.15, -0.1) is 0 Å². The van der Waals surface area contributed by atoms with Crippen molar-refractivity contribution in [2.24, 2.45) is 0 Å². The minimum Gasteiger partial charge on any atom is -0.335 e. The molecule has 0 saturated carbocycles.